The predicted octanol–water partition coefficient (Wildman–Crippen LogP) is 2.33. The molecule has 0 fully saturated rings. The van der Waals surface area contributed by atoms with Crippen LogP contribution >= 0.6 is 0 Å². The van der Waals surface area contributed by atoms with Gasteiger partial charge in [-0.25, -0.2) is 0 Å². The zero-order chi connectivity index (χ0) is 9.97. The molecule has 1 aromatic rings. The molecule has 0 bridgehead atoms. The van der Waals surface area contributed by atoms with Crippen LogP contribution in [0.1, 0.15) is 20.3 Å². The molecule has 0 saturated carbocycles. The van der Waals surface area contributed by atoms with Crippen molar-refractivity contribution in [2.75, 3.05) is 17.2 Å². The summed E-state index contributed by atoms with van der Waals surface area (Å²) in [4.78, 5) is 4.13. The van der Waals surface area contributed by atoms with Gasteiger partial charge in [0, 0.05) is 18.8 Å². The van der Waals surface area contributed by atoms with Gasteiger partial charge in [0.1, 0.15) is 0 Å². The van der Waals surface area contributed by atoms with Crippen molar-refractivity contribution in [2.24, 2.45) is 5.92 Å². The molecule has 0 aliphatic carbocycles. The Morgan fingerprint density at radius 2 is 2.29 bits per heavy atom. The molecule has 76 valence electrons. The van der Waals surface area contributed by atoms with Crippen LogP contribution in [-0.2, 0) is 0 Å². The molecule has 2 heterocycles. The lowest BCUT2D eigenvalue weighted by atomic mass is 10.0. The van der Waals surface area contributed by atoms with Gasteiger partial charge in [0.05, 0.1) is 17.6 Å². The highest BCUT2D eigenvalue weighted by Gasteiger charge is 2.17. The molecule has 1 atom stereocenters. The third-order valence-corrected chi connectivity index (χ3v) is 2.74. The molecule has 2 rings (SSSR count). The van der Waals surface area contributed by atoms with Gasteiger partial charge in [-0.2, -0.15) is 0 Å². The Balaban J connectivity index is 2.22. The van der Waals surface area contributed by atoms with Crippen molar-refractivity contribution in [1.82, 2.24) is 4.98 Å². The maximum Gasteiger partial charge on any atom is 0.0764 e. The van der Waals surface area contributed by atoms with Crippen LogP contribution in [0.3, 0.4) is 0 Å². The number of pyridine rings is 1. The predicted molar refractivity (Wildman–Crippen MR) is 59.6 cm³/mol. The number of anilines is 2. The van der Waals surface area contributed by atoms with Crippen LogP contribution in [0, 0.1) is 5.92 Å². The van der Waals surface area contributed by atoms with Crippen molar-refractivity contribution in [1.29, 1.82) is 0 Å². The summed E-state index contributed by atoms with van der Waals surface area (Å²) in [5, 5.41) is 6.94. The fourth-order valence-corrected chi connectivity index (χ4v) is 1.80. The Morgan fingerprint density at radius 1 is 1.43 bits per heavy atom. The monoisotopic (exact) mass is 191 g/mol. The van der Waals surface area contributed by atoms with E-state index in [0.717, 1.165) is 18.7 Å². The molecule has 3 heteroatoms. The maximum absolute atomic E-state index is 4.13. The number of nitrogens with zero attached hydrogens (tertiary/aromatic N) is 1. The molecule has 0 saturated heterocycles. The number of nitrogens with one attached hydrogen (secondary N) is 2. The van der Waals surface area contributed by atoms with Crippen LogP contribution in [-0.4, -0.2) is 17.6 Å². The van der Waals surface area contributed by atoms with Gasteiger partial charge >= 0.3 is 0 Å². The van der Waals surface area contributed by atoms with Gasteiger partial charge in [0.15, 0.2) is 0 Å². The highest BCUT2D eigenvalue weighted by atomic mass is 15.0. The SMILES string of the molecule is CC(C)C1CCNc2ccncc2N1. The maximum atomic E-state index is 4.13. The summed E-state index contributed by atoms with van der Waals surface area (Å²) in [6, 6.07) is 2.57. The summed E-state index contributed by atoms with van der Waals surface area (Å²) in [6.07, 6.45) is 4.87. The Morgan fingerprint density at radius 3 is 3.07 bits per heavy atom. The number of rotatable bonds is 1. The van der Waals surface area contributed by atoms with E-state index in [1.165, 1.54) is 5.69 Å². The average Bonchev–Trinajstić information content (AvgIpc) is 2.39. The second-order valence-electron chi connectivity index (χ2n) is 4.13. The Labute approximate surface area is 84.9 Å². The normalized spacial score (nSPS) is 20.6. The minimum absolute atomic E-state index is 0.549. The van der Waals surface area contributed by atoms with E-state index in [0.29, 0.717) is 12.0 Å². The topological polar surface area (TPSA) is 37.0 Å². The van der Waals surface area contributed by atoms with Crippen LogP contribution in [0.2, 0.25) is 0 Å². The van der Waals surface area contributed by atoms with Gasteiger partial charge in [0.25, 0.3) is 0 Å². The quantitative estimate of drug-likeness (QED) is 0.715. The van der Waals surface area contributed by atoms with Crippen molar-refractivity contribution in [3.05, 3.63) is 18.5 Å². The molecule has 0 amide bonds. The van der Waals surface area contributed by atoms with Crippen LogP contribution in [0.25, 0.3) is 0 Å². The highest BCUT2D eigenvalue weighted by molar-refractivity contribution is 5.68. The van der Waals surface area contributed by atoms with E-state index in [2.05, 4.69) is 29.5 Å². The molecule has 3 nitrogen and oxygen atoms in total. The average molecular weight is 191 g/mol. The van der Waals surface area contributed by atoms with Crippen LogP contribution in [0.4, 0.5) is 11.4 Å². The number of aromatic nitrogens is 1. The third-order valence-electron chi connectivity index (χ3n) is 2.74. The van der Waals surface area contributed by atoms with Crippen molar-refractivity contribution < 1.29 is 0 Å². The Kier molecular flexibility index (Phi) is 2.57. The molecule has 0 aromatic carbocycles. The van der Waals surface area contributed by atoms with Gasteiger partial charge in [-0.05, 0) is 18.4 Å². The summed E-state index contributed by atoms with van der Waals surface area (Å²) >= 11 is 0. The summed E-state index contributed by atoms with van der Waals surface area (Å²) in [6.45, 7) is 5.53. The number of hydrogen-bond donors (Lipinski definition) is 2. The lowest BCUT2D eigenvalue weighted by molar-refractivity contribution is 0.507. The molecular formula is C11H17N3. The second kappa shape index (κ2) is 3.86. The van der Waals surface area contributed by atoms with Crippen LogP contribution in [0.5, 0.6) is 0 Å². The first-order valence-corrected chi connectivity index (χ1v) is 5.22. The van der Waals surface area contributed by atoms with E-state index < -0.39 is 0 Å². The fraction of sp³-hybridized carbons (Fsp3) is 0.545. The van der Waals surface area contributed by atoms with Gasteiger partial charge in [-0.1, -0.05) is 13.8 Å². The highest BCUT2D eigenvalue weighted by Crippen LogP contribution is 2.25. The third kappa shape index (κ3) is 1.81. The lowest BCUT2D eigenvalue weighted by Gasteiger charge is -2.20. The first-order chi connectivity index (χ1) is 6.77. The zero-order valence-electron chi connectivity index (χ0n) is 8.75. The van der Waals surface area contributed by atoms with E-state index in [9.17, 15) is 0 Å². The smallest absolute Gasteiger partial charge is 0.0764 e. The molecule has 0 radical (unpaired) electrons. The molecule has 0 spiro atoms. The largest absolute Gasteiger partial charge is 0.383 e. The second-order valence-corrected chi connectivity index (χ2v) is 4.13. The first-order valence-electron chi connectivity index (χ1n) is 5.22. The Bertz CT molecular complexity index is 309. The molecule has 1 aromatic heterocycles. The van der Waals surface area contributed by atoms with Crippen LogP contribution in [0.15, 0.2) is 18.5 Å². The summed E-state index contributed by atoms with van der Waals surface area (Å²) < 4.78 is 0. The summed E-state index contributed by atoms with van der Waals surface area (Å²) in [7, 11) is 0. The number of fused-ring (bicyclic) bond motifs is 1. The molecule has 1 aliphatic heterocycles. The molecule has 2 N–H and O–H groups in total. The molecule has 1 unspecified atom stereocenters. The zero-order valence-corrected chi connectivity index (χ0v) is 8.75. The molecule has 1 aliphatic rings. The molecular weight excluding hydrogens is 174 g/mol. The summed E-state index contributed by atoms with van der Waals surface area (Å²) in [5.41, 5.74) is 2.30. The van der Waals surface area contributed by atoms with E-state index in [1.54, 1.807) is 0 Å². The number of hydrogen-bond acceptors (Lipinski definition) is 3. The summed E-state index contributed by atoms with van der Waals surface area (Å²) in [5.74, 6) is 0.656. The van der Waals surface area contributed by atoms with Crippen molar-refractivity contribution >= 4 is 11.4 Å². The van der Waals surface area contributed by atoms with Gasteiger partial charge in [0.2, 0.25) is 0 Å². The van der Waals surface area contributed by atoms with Crippen molar-refractivity contribution in [3.63, 3.8) is 0 Å². The van der Waals surface area contributed by atoms with Crippen LogP contribution < -0.4 is 10.6 Å². The van der Waals surface area contributed by atoms with Crippen molar-refractivity contribution in [2.45, 2.75) is 26.3 Å². The minimum Gasteiger partial charge on any atom is -0.383 e. The lowest BCUT2D eigenvalue weighted by Crippen LogP contribution is -2.25. The van der Waals surface area contributed by atoms with E-state index >= 15 is 0 Å². The molecule has 14 heavy (non-hydrogen) atoms. The first kappa shape index (κ1) is 9.31. The van der Waals surface area contributed by atoms with Gasteiger partial charge < -0.3 is 10.6 Å². The van der Waals surface area contributed by atoms with E-state index in [1.807, 2.05) is 18.5 Å². The van der Waals surface area contributed by atoms with Gasteiger partial charge in [-0.3, -0.25) is 4.98 Å². The van der Waals surface area contributed by atoms with E-state index in [-0.39, 0.29) is 0 Å². The van der Waals surface area contributed by atoms with Gasteiger partial charge in [-0.15, -0.1) is 0 Å². The minimum atomic E-state index is 0.549. The standard InChI is InChI=1S/C11H17N3/c1-8(2)9-4-6-13-10-3-5-12-7-11(10)14-9/h3,5,7-9,13-14H,4,6H2,1-2H3. The van der Waals surface area contributed by atoms with E-state index in [4.69, 9.17) is 0 Å². The Hall–Kier alpha value is -1.25. The fourth-order valence-electron chi connectivity index (χ4n) is 1.80. The van der Waals surface area contributed by atoms with Crippen molar-refractivity contribution in [3.8, 4) is 0 Å².